The van der Waals surface area contributed by atoms with Crippen molar-refractivity contribution in [3.63, 3.8) is 0 Å². The number of fused-ring (bicyclic) bond motifs is 3. The van der Waals surface area contributed by atoms with Gasteiger partial charge >= 0.3 is 5.97 Å². The van der Waals surface area contributed by atoms with Crippen LogP contribution in [0.2, 0.25) is 0 Å². The minimum atomic E-state index is -1.12. The number of amides is 2. The molecule has 0 saturated heterocycles. The van der Waals surface area contributed by atoms with Crippen LogP contribution in [0.5, 0.6) is 0 Å². The van der Waals surface area contributed by atoms with E-state index in [4.69, 9.17) is 5.26 Å². The molecule has 0 bridgehead atoms. The zero-order valence-corrected chi connectivity index (χ0v) is 17.3. The Morgan fingerprint density at radius 1 is 1.06 bits per heavy atom. The number of aromatic carboxylic acids is 1. The van der Waals surface area contributed by atoms with Crippen molar-refractivity contribution in [2.24, 2.45) is 0 Å². The number of benzene rings is 2. The summed E-state index contributed by atoms with van der Waals surface area (Å²) < 4.78 is 0. The van der Waals surface area contributed by atoms with E-state index in [1.54, 1.807) is 42.5 Å². The molecule has 3 aromatic rings. The summed E-state index contributed by atoms with van der Waals surface area (Å²) in [5, 5.41) is 24.7. The lowest BCUT2D eigenvalue weighted by molar-refractivity contribution is -0.114. The second-order valence-corrected chi connectivity index (χ2v) is 8.21. The Hall–Kier alpha value is -3.96. The van der Waals surface area contributed by atoms with Gasteiger partial charge in [0, 0.05) is 28.6 Å². The highest BCUT2D eigenvalue weighted by Crippen LogP contribution is 2.45. The van der Waals surface area contributed by atoms with E-state index in [0.717, 1.165) is 16.0 Å². The van der Waals surface area contributed by atoms with E-state index in [2.05, 4.69) is 16.7 Å². The monoisotopic (exact) mass is 431 g/mol. The van der Waals surface area contributed by atoms with Gasteiger partial charge in [-0.2, -0.15) is 5.26 Å². The molecule has 1 heterocycles. The lowest BCUT2D eigenvalue weighted by atomic mass is 9.87. The first-order valence-corrected chi connectivity index (χ1v) is 10.3. The van der Waals surface area contributed by atoms with Gasteiger partial charge < -0.3 is 15.7 Å². The van der Waals surface area contributed by atoms with Crippen LogP contribution in [0.15, 0.2) is 42.5 Å². The van der Waals surface area contributed by atoms with Crippen LogP contribution in [0.25, 0.3) is 11.1 Å². The molecule has 0 unspecified atom stereocenters. The van der Waals surface area contributed by atoms with Crippen molar-refractivity contribution in [1.82, 2.24) is 0 Å². The summed E-state index contributed by atoms with van der Waals surface area (Å²) >= 11 is 1.26. The van der Waals surface area contributed by atoms with Crippen molar-refractivity contribution in [1.29, 1.82) is 5.26 Å². The van der Waals surface area contributed by atoms with E-state index in [9.17, 15) is 19.5 Å². The Labute approximate surface area is 182 Å². The van der Waals surface area contributed by atoms with Gasteiger partial charge in [0.2, 0.25) is 5.91 Å². The van der Waals surface area contributed by atoms with Gasteiger partial charge in [0.05, 0.1) is 11.6 Å². The number of carboxylic acids is 1. The Morgan fingerprint density at radius 3 is 2.45 bits per heavy atom. The van der Waals surface area contributed by atoms with Gasteiger partial charge in [-0.3, -0.25) is 9.59 Å². The molecule has 0 aliphatic heterocycles. The number of anilines is 2. The summed E-state index contributed by atoms with van der Waals surface area (Å²) in [6.45, 7) is 1.39. The molecule has 1 aromatic heterocycles. The van der Waals surface area contributed by atoms with Crippen LogP contribution < -0.4 is 10.6 Å². The Morgan fingerprint density at radius 2 is 1.81 bits per heavy atom. The third kappa shape index (κ3) is 3.91. The van der Waals surface area contributed by atoms with Crippen LogP contribution in [0.3, 0.4) is 0 Å². The lowest BCUT2D eigenvalue weighted by Crippen LogP contribution is -2.14. The molecule has 1 aliphatic rings. The second kappa shape index (κ2) is 8.05. The zero-order chi connectivity index (χ0) is 22.1. The maximum atomic E-state index is 12.7. The molecule has 4 rings (SSSR count). The van der Waals surface area contributed by atoms with Crippen LogP contribution in [0.1, 0.15) is 43.6 Å². The first-order valence-electron chi connectivity index (χ1n) is 9.48. The van der Waals surface area contributed by atoms with E-state index >= 15 is 0 Å². The number of aryl methyl sites for hydroxylation is 2. The summed E-state index contributed by atoms with van der Waals surface area (Å²) in [5.74, 6) is -1.77. The molecule has 7 nitrogen and oxygen atoms in total. The first kappa shape index (κ1) is 20.3. The molecule has 0 spiro atoms. The van der Waals surface area contributed by atoms with Gasteiger partial charge in [-0.25, -0.2) is 4.79 Å². The third-order valence-corrected chi connectivity index (χ3v) is 6.18. The van der Waals surface area contributed by atoms with Crippen molar-refractivity contribution in [2.45, 2.75) is 19.8 Å². The van der Waals surface area contributed by atoms with Gasteiger partial charge in [-0.05, 0) is 60.4 Å². The van der Waals surface area contributed by atoms with E-state index < -0.39 is 11.9 Å². The molecule has 0 radical (unpaired) electrons. The zero-order valence-electron chi connectivity index (χ0n) is 16.5. The number of nitriles is 1. The quantitative estimate of drug-likeness (QED) is 0.569. The number of carbonyl (C=O) groups is 3. The minimum Gasteiger partial charge on any atom is -0.478 e. The van der Waals surface area contributed by atoms with E-state index in [1.807, 2.05) is 0 Å². The minimum absolute atomic E-state index is 0.0638. The van der Waals surface area contributed by atoms with Gasteiger partial charge in [-0.15, -0.1) is 11.3 Å². The third-order valence-electron chi connectivity index (χ3n) is 5.01. The number of carbonyl (C=O) groups excluding carboxylic acids is 2. The van der Waals surface area contributed by atoms with Crippen LogP contribution in [0.4, 0.5) is 10.7 Å². The molecule has 3 N–H and O–H groups in total. The van der Waals surface area contributed by atoms with E-state index in [-0.39, 0.29) is 16.5 Å². The number of carboxylic acid groups (broad SMARTS) is 1. The largest absolute Gasteiger partial charge is 0.478 e. The normalized spacial score (nSPS) is 11.6. The number of hydrogen-bond donors (Lipinski definition) is 3. The number of rotatable bonds is 4. The van der Waals surface area contributed by atoms with Crippen LogP contribution >= 0.6 is 11.3 Å². The molecule has 8 heteroatoms. The summed E-state index contributed by atoms with van der Waals surface area (Å²) in [4.78, 5) is 36.9. The smallest absolute Gasteiger partial charge is 0.339 e. The lowest BCUT2D eigenvalue weighted by Gasteiger charge is -2.17. The highest BCUT2D eigenvalue weighted by Gasteiger charge is 2.29. The highest BCUT2D eigenvalue weighted by atomic mass is 32.1. The van der Waals surface area contributed by atoms with Gasteiger partial charge in [0.25, 0.3) is 5.91 Å². The standard InChI is InChI=1S/C23H17N3O4S/c1-12(27)25-16-6-3-14(4-7-16)21(28)26-22-20(23(29)30)19-17-8-2-13(11-24)10-15(17)5-9-18(19)31-22/h2-4,6-8,10H,5,9H2,1H3,(H,25,27)(H,26,28)(H,29,30). The fourth-order valence-corrected chi connectivity index (χ4v) is 4.88. The highest BCUT2D eigenvalue weighted by molar-refractivity contribution is 7.17. The van der Waals surface area contributed by atoms with Gasteiger partial charge in [0.1, 0.15) is 10.6 Å². The first-order chi connectivity index (χ1) is 14.9. The Bertz CT molecular complexity index is 1270. The van der Waals surface area contributed by atoms with Gasteiger partial charge in [-0.1, -0.05) is 6.07 Å². The van der Waals surface area contributed by atoms with Crippen LogP contribution in [0, 0.1) is 11.3 Å². The summed E-state index contributed by atoms with van der Waals surface area (Å²) in [6.07, 6.45) is 1.35. The predicted molar refractivity (Wildman–Crippen MR) is 118 cm³/mol. The Balaban J connectivity index is 1.68. The topological polar surface area (TPSA) is 119 Å². The molecule has 1 aliphatic carbocycles. The van der Waals surface area contributed by atoms with Crippen molar-refractivity contribution >= 4 is 39.8 Å². The van der Waals surface area contributed by atoms with E-state index in [0.29, 0.717) is 35.2 Å². The summed E-state index contributed by atoms with van der Waals surface area (Å²) in [7, 11) is 0. The van der Waals surface area contributed by atoms with Crippen LogP contribution in [-0.4, -0.2) is 22.9 Å². The summed E-state index contributed by atoms with van der Waals surface area (Å²) in [6, 6.07) is 13.7. The second-order valence-electron chi connectivity index (χ2n) is 7.11. The average molecular weight is 431 g/mol. The maximum absolute atomic E-state index is 12.7. The molecule has 2 aromatic carbocycles. The SMILES string of the molecule is CC(=O)Nc1ccc(C(=O)Nc2sc3c(c2C(=O)O)-c2ccc(C#N)cc2CC3)cc1. The maximum Gasteiger partial charge on any atom is 0.339 e. The molecule has 154 valence electrons. The van der Waals surface area contributed by atoms with Crippen molar-refractivity contribution in [3.05, 3.63) is 69.6 Å². The number of nitrogens with zero attached hydrogens (tertiary/aromatic N) is 1. The molecule has 0 saturated carbocycles. The molecule has 31 heavy (non-hydrogen) atoms. The fourth-order valence-electron chi connectivity index (χ4n) is 3.68. The molecular weight excluding hydrogens is 414 g/mol. The van der Waals surface area contributed by atoms with Crippen molar-refractivity contribution in [3.8, 4) is 17.2 Å². The number of nitrogens with one attached hydrogen (secondary N) is 2. The Kier molecular flexibility index (Phi) is 5.28. The average Bonchev–Trinajstić information content (AvgIpc) is 3.11. The number of thiophene rings is 1. The summed E-state index contributed by atoms with van der Waals surface area (Å²) in [5.41, 5.74) is 3.83. The number of hydrogen-bond acceptors (Lipinski definition) is 5. The predicted octanol–water partition coefficient (Wildman–Crippen LogP) is 4.29. The fraction of sp³-hybridized carbons (Fsp3) is 0.130. The molecule has 0 atom stereocenters. The van der Waals surface area contributed by atoms with Gasteiger partial charge in [0.15, 0.2) is 0 Å². The van der Waals surface area contributed by atoms with E-state index in [1.165, 1.54) is 18.3 Å². The molecular formula is C23H17N3O4S. The van der Waals surface area contributed by atoms with Crippen molar-refractivity contribution in [2.75, 3.05) is 10.6 Å². The van der Waals surface area contributed by atoms with Crippen molar-refractivity contribution < 1.29 is 19.5 Å². The molecule has 2 amide bonds. The molecule has 0 fully saturated rings. The van der Waals surface area contributed by atoms with Crippen LogP contribution in [-0.2, 0) is 17.6 Å².